The van der Waals surface area contributed by atoms with Crippen LogP contribution < -0.4 is 5.73 Å². The Balaban J connectivity index is 2.91. The molecule has 0 radical (unpaired) electrons. The molecule has 0 bridgehead atoms. The quantitative estimate of drug-likeness (QED) is 0.510. The molecule has 1 aromatic carbocycles. The van der Waals surface area contributed by atoms with Crippen LogP contribution >= 0.6 is 11.8 Å². The molecule has 0 aliphatic heterocycles. The maximum atomic E-state index is 11.9. The Bertz CT molecular complexity index is 410. The highest BCUT2D eigenvalue weighted by Crippen LogP contribution is 2.26. The number of carbonyl (C=O) groups is 1. The second-order valence-corrected chi connectivity index (χ2v) is 5.99. The normalized spacial score (nSPS) is 11.3. The Morgan fingerprint density at radius 1 is 1.41 bits per heavy atom. The summed E-state index contributed by atoms with van der Waals surface area (Å²) in [4.78, 5) is 12.8. The van der Waals surface area contributed by atoms with Gasteiger partial charge in [-0.15, -0.1) is 11.8 Å². The van der Waals surface area contributed by atoms with Gasteiger partial charge < -0.3 is 10.5 Å². The van der Waals surface area contributed by atoms with Crippen LogP contribution in [0.25, 0.3) is 0 Å². The van der Waals surface area contributed by atoms with E-state index in [1.54, 1.807) is 30.0 Å². The molecule has 1 aromatic rings. The van der Waals surface area contributed by atoms with Crippen LogP contribution in [0.3, 0.4) is 0 Å². The third-order valence-electron chi connectivity index (χ3n) is 1.95. The zero-order valence-electron chi connectivity index (χ0n) is 10.7. The molecule has 0 aliphatic rings. The van der Waals surface area contributed by atoms with Gasteiger partial charge in [-0.25, -0.2) is 4.79 Å². The van der Waals surface area contributed by atoms with E-state index in [9.17, 15) is 4.79 Å². The first-order chi connectivity index (χ1) is 7.83. The fourth-order valence-corrected chi connectivity index (χ4v) is 2.03. The number of esters is 1. The zero-order chi connectivity index (χ0) is 13.1. The number of nitrogen functional groups attached to an aromatic ring is 1. The van der Waals surface area contributed by atoms with E-state index in [0.717, 1.165) is 10.6 Å². The number of nitrogens with two attached hydrogens (primary N) is 1. The Hall–Kier alpha value is -1.16. The van der Waals surface area contributed by atoms with Crippen molar-refractivity contribution in [3.8, 4) is 0 Å². The fraction of sp³-hybridized carbons (Fsp3) is 0.462. The van der Waals surface area contributed by atoms with Gasteiger partial charge in [0.2, 0.25) is 0 Å². The van der Waals surface area contributed by atoms with Crippen molar-refractivity contribution in [3.63, 3.8) is 0 Å². The van der Waals surface area contributed by atoms with E-state index in [4.69, 9.17) is 10.5 Å². The summed E-state index contributed by atoms with van der Waals surface area (Å²) in [5.41, 5.74) is 6.60. The average Bonchev–Trinajstić information content (AvgIpc) is 2.19. The summed E-state index contributed by atoms with van der Waals surface area (Å²) in [5.74, 6) is 0.609. The summed E-state index contributed by atoms with van der Waals surface area (Å²) in [6.45, 7) is 7.60. The number of benzene rings is 1. The summed E-state index contributed by atoms with van der Waals surface area (Å²) in [5, 5.41) is 0. The predicted octanol–water partition coefficient (Wildman–Crippen LogP) is 3.34. The first-order valence-electron chi connectivity index (χ1n) is 5.59. The number of anilines is 1. The molecule has 1 rings (SSSR count). The maximum absolute atomic E-state index is 11.9. The monoisotopic (exact) mass is 253 g/mol. The Labute approximate surface area is 107 Å². The first-order valence-corrected chi connectivity index (χ1v) is 6.57. The van der Waals surface area contributed by atoms with E-state index in [-0.39, 0.29) is 5.97 Å². The van der Waals surface area contributed by atoms with Gasteiger partial charge in [0.15, 0.2) is 0 Å². The lowest BCUT2D eigenvalue weighted by Gasteiger charge is -2.19. The lowest BCUT2D eigenvalue weighted by atomic mass is 10.1. The van der Waals surface area contributed by atoms with E-state index < -0.39 is 5.60 Å². The number of thioether (sulfide) groups is 1. The molecule has 4 heteroatoms. The van der Waals surface area contributed by atoms with Crippen molar-refractivity contribution in [2.24, 2.45) is 0 Å². The van der Waals surface area contributed by atoms with Crippen LogP contribution in [0.4, 0.5) is 5.69 Å². The maximum Gasteiger partial charge on any atom is 0.338 e. The molecule has 2 N–H and O–H groups in total. The minimum atomic E-state index is -0.476. The van der Waals surface area contributed by atoms with Crippen molar-refractivity contribution >= 4 is 23.4 Å². The van der Waals surface area contributed by atoms with Crippen molar-refractivity contribution in [1.82, 2.24) is 0 Å². The van der Waals surface area contributed by atoms with Crippen molar-refractivity contribution in [2.75, 3.05) is 11.5 Å². The Kier molecular flexibility index (Phi) is 4.46. The van der Waals surface area contributed by atoms with Gasteiger partial charge in [0.25, 0.3) is 0 Å². The predicted molar refractivity (Wildman–Crippen MR) is 72.4 cm³/mol. The largest absolute Gasteiger partial charge is 0.456 e. The topological polar surface area (TPSA) is 52.3 Å². The molecule has 0 saturated carbocycles. The Morgan fingerprint density at radius 3 is 2.59 bits per heavy atom. The molecule has 0 spiro atoms. The molecule has 0 saturated heterocycles. The second kappa shape index (κ2) is 5.45. The molecule has 0 heterocycles. The smallest absolute Gasteiger partial charge is 0.338 e. The average molecular weight is 253 g/mol. The van der Waals surface area contributed by atoms with E-state index in [1.807, 2.05) is 27.7 Å². The summed E-state index contributed by atoms with van der Waals surface area (Å²) in [6, 6.07) is 5.23. The second-order valence-electron chi connectivity index (χ2n) is 4.69. The highest BCUT2D eigenvalue weighted by atomic mass is 32.2. The molecule has 3 nitrogen and oxygen atoms in total. The summed E-state index contributed by atoms with van der Waals surface area (Å²) < 4.78 is 5.31. The minimum absolute atomic E-state index is 0.310. The van der Waals surface area contributed by atoms with E-state index in [1.165, 1.54) is 0 Å². The van der Waals surface area contributed by atoms with Gasteiger partial charge in [0, 0.05) is 10.6 Å². The van der Waals surface area contributed by atoms with Crippen LogP contribution in [0.5, 0.6) is 0 Å². The number of carbonyl (C=O) groups excluding carboxylic acids is 1. The van der Waals surface area contributed by atoms with Gasteiger partial charge in [0.05, 0.1) is 5.56 Å². The summed E-state index contributed by atoms with van der Waals surface area (Å²) in [6.07, 6.45) is 0. The van der Waals surface area contributed by atoms with Gasteiger partial charge in [-0.05, 0) is 44.7 Å². The van der Waals surface area contributed by atoms with Crippen LogP contribution in [-0.4, -0.2) is 17.3 Å². The zero-order valence-corrected chi connectivity index (χ0v) is 11.6. The van der Waals surface area contributed by atoms with Crippen molar-refractivity contribution in [3.05, 3.63) is 23.8 Å². The van der Waals surface area contributed by atoms with Gasteiger partial charge >= 0.3 is 5.97 Å². The molecule has 0 amide bonds. The number of hydrogen-bond donors (Lipinski definition) is 1. The fourth-order valence-electron chi connectivity index (χ4n) is 1.28. The highest BCUT2D eigenvalue weighted by molar-refractivity contribution is 7.99. The molecular weight excluding hydrogens is 234 g/mol. The standard InChI is InChI=1S/C13H19NO2S/c1-5-17-11-8-9(6-7-10(11)14)12(15)16-13(2,3)4/h6-8H,5,14H2,1-4H3. The summed E-state index contributed by atoms with van der Waals surface area (Å²) in [7, 11) is 0. The van der Waals surface area contributed by atoms with Crippen molar-refractivity contribution < 1.29 is 9.53 Å². The first kappa shape index (κ1) is 13.9. The number of ether oxygens (including phenoxy) is 1. The molecule has 17 heavy (non-hydrogen) atoms. The van der Waals surface area contributed by atoms with Crippen LogP contribution in [0.15, 0.2) is 23.1 Å². The molecular formula is C13H19NO2S. The van der Waals surface area contributed by atoms with Crippen LogP contribution in [0.1, 0.15) is 38.1 Å². The lowest BCUT2D eigenvalue weighted by Crippen LogP contribution is -2.23. The van der Waals surface area contributed by atoms with Crippen LogP contribution in [-0.2, 0) is 4.74 Å². The third kappa shape index (κ3) is 4.30. The van der Waals surface area contributed by atoms with E-state index in [0.29, 0.717) is 11.3 Å². The molecule has 0 aliphatic carbocycles. The molecule has 0 unspecified atom stereocenters. The molecule has 0 aromatic heterocycles. The number of rotatable bonds is 3. The Morgan fingerprint density at radius 2 is 2.06 bits per heavy atom. The summed E-state index contributed by atoms with van der Waals surface area (Å²) >= 11 is 1.62. The van der Waals surface area contributed by atoms with Gasteiger partial charge in [-0.1, -0.05) is 6.92 Å². The van der Waals surface area contributed by atoms with Gasteiger partial charge in [-0.3, -0.25) is 0 Å². The third-order valence-corrected chi connectivity index (χ3v) is 2.90. The van der Waals surface area contributed by atoms with Gasteiger partial charge in [-0.2, -0.15) is 0 Å². The van der Waals surface area contributed by atoms with E-state index >= 15 is 0 Å². The molecule has 94 valence electrons. The van der Waals surface area contributed by atoms with Gasteiger partial charge in [0.1, 0.15) is 5.60 Å². The van der Waals surface area contributed by atoms with Crippen LogP contribution in [0.2, 0.25) is 0 Å². The van der Waals surface area contributed by atoms with Crippen LogP contribution in [0, 0.1) is 0 Å². The minimum Gasteiger partial charge on any atom is -0.456 e. The lowest BCUT2D eigenvalue weighted by molar-refractivity contribution is 0.00693. The van der Waals surface area contributed by atoms with Crippen molar-refractivity contribution in [2.45, 2.75) is 38.2 Å². The van der Waals surface area contributed by atoms with Crippen molar-refractivity contribution in [1.29, 1.82) is 0 Å². The molecule has 0 atom stereocenters. The highest BCUT2D eigenvalue weighted by Gasteiger charge is 2.18. The molecule has 0 fully saturated rings. The van der Waals surface area contributed by atoms with E-state index in [2.05, 4.69) is 0 Å². The number of hydrogen-bond acceptors (Lipinski definition) is 4. The SMILES string of the molecule is CCSc1cc(C(=O)OC(C)(C)C)ccc1N.